The standard InChI is InChI=1S/C19H26N2O5/c1-19(8-4-5-9-19)21-18(23)17-16(20-15(22)11-26-17)12-6-7-13(24-2)14(10-12)25-3/h6-7,10,16-17H,4-5,8-9,11H2,1-3H3,(H,20,22)(H,21,23)/t16-,17+/m1/s1. The van der Waals surface area contributed by atoms with Gasteiger partial charge in [-0.1, -0.05) is 18.9 Å². The molecular weight excluding hydrogens is 336 g/mol. The Bertz CT molecular complexity index is 685. The molecule has 2 fully saturated rings. The highest BCUT2D eigenvalue weighted by Gasteiger charge is 2.40. The van der Waals surface area contributed by atoms with E-state index >= 15 is 0 Å². The second kappa shape index (κ2) is 7.53. The van der Waals surface area contributed by atoms with Crippen molar-refractivity contribution in [2.75, 3.05) is 20.8 Å². The Morgan fingerprint density at radius 3 is 2.58 bits per heavy atom. The topological polar surface area (TPSA) is 85.9 Å². The lowest BCUT2D eigenvalue weighted by atomic mass is 9.96. The summed E-state index contributed by atoms with van der Waals surface area (Å²) in [4.78, 5) is 24.8. The van der Waals surface area contributed by atoms with Crippen molar-refractivity contribution in [3.8, 4) is 11.5 Å². The maximum Gasteiger partial charge on any atom is 0.252 e. The maximum absolute atomic E-state index is 12.9. The Balaban J connectivity index is 1.84. The summed E-state index contributed by atoms with van der Waals surface area (Å²) in [6.07, 6.45) is 3.34. The van der Waals surface area contributed by atoms with Crippen LogP contribution >= 0.6 is 0 Å². The number of ether oxygens (including phenoxy) is 3. The van der Waals surface area contributed by atoms with Crippen LogP contribution < -0.4 is 20.1 Å². The molecular formula is C19H26N2O5. The van der Waals surface area contributed by atoms with E-state index in [0.717, 1.165) is 31.2 Å². The summed E-state index contributed by atoms with van der Waals surface area (Å²) in [5.41, 5.74) is 0.525. The van der Waals surface area contributed by atoms with Crippen molar-refractivity contribution in [3.63, 3.8) is 0 Å². The summed E-state index contributed by atoms with van der Waals surface area (Å²) >= 11 is 0. The van der Waals surface area contributed by atoms with Gasteiger partial charge in [-0.25, -0.2) is 0 Å². The molecule has 1 aliphatic carbocycles. The number of benzene rings is 1. The summed E-state index contributed by atoms with van der Waals surface area (Å²) in [7, 11) is 3.10. The summed E-state index contributed by atoms with van der Waals surface area (Å²) < 4.78 is 16.2. The van der Waals surface area contributed by atoms with Gasteiger partial charge in [-0.05, 0) is 37.5 Å². The molecule has 0 spiro atoms. The van der Waals surface area contributed by atoms with Crippen molar-refractivity contribution in [1.82, 2.24) is 10.6 Å². The number of methoxy groups -OCH3 is 2. The van der Waals surface area contributed by atoms with Crippen LogP contribution in [-0.2, 0) is 14.3 Å². The third kappa shape index (κ3) is 3.77. The number of carbonyl (C=O) groups excluding carboxylic acids is 2. The summed E-state index contributed by atoms with van der Waals surface area (Å²) in [6.45, 7) is 1.93. The zero-order valence-electron chi connectivity index (χ0n) is 15.5. The van der Waals surface area contributed by atoms with Crippen LogP contribution in [0.15, 0.2) is 18.2 Å². The van der Waals surface area contributed by atoms with E-state index in [1.165, 1.54) is 0 Å². The SMILES string of the molecule is COc1ccc([C@H]2NC(=O)CO[C@@H]2C(=O)NC2(C)CCCC2)cc1OC. The molecule has 1 aliphatic heterocycles. The average molecular weight is 362 g/mol. The zero-order chi connectivity index (χ0) is 18.7. The maximum atomic E-state index is 12.9. The summed E-state index contributed by atoms with van der Waals surface area (Å²) in [6, 6.07) is 4.73. The molecule has 2 N–H and O–H groups in total. The largest absolute Gasteiger partial charge is 0.493 e. The van der Waals surface area contributed by atoms with Crippen molar-refractivity contribution >= 4 is 11.8 Å². The molecule has 1 aromatic rings. The van der Waals surface area contributed by atoms with E-state index in [-0.39, 0.29) is 24.0 Å². The zero-order valence-corrected chi connectivity index (χ0v) is 15.5. The first kappa shape index (κ1) is 18.5. The minimum atomic E-state index is -0.789. The van der Waals surface area contributed by atoms with Gasteiger partial charge < -0.3 is 24.8 Å². The van der Waals surface area contributed by atoms with Crippen LogP contribution in [-0.4, -0.2) is 44.3 Å². The first-order valence-corrected chi connectivity index (χ1v) is 8.91. The van der Waals surface area contributed by atoms with Gasteiger partial charge in [0.05, 0.1) is 20.3 Å². The van der Waals surface area contributed by atoms with Crippen LogP contribution in [0.2, 0.25) is 0 Å². The fourth-order valence-corrected chi connectivity index (χ4v) is 3.73. The number of hydrogen-bond acceptors (Lipinski definition) is 5. The third-order valence-electron chi connectivity index (χ3n) is 5.17. The molecule has 1 saturated heterocycles. The third-order valence-corrected chi connectivity index (χ3v) is 5.17. The highest BCUT2D eigenvalue weighted by molar-refractivity contribution is 5.86. The second-order valence-corrected chi connectivity index (χ2v) is 7.15. The molecule has 2 amide bonds. The molecule has 7 heteroatoms. The molecule has 1 saturated carbocycles. The Hall–Kier alpha value is -2.28. The Labute approximate surface area is 153 Å². The van der Waals surface area contributed by atoms with E-state index in [1.54, 1.807) is 32.4 Å². The number of amides is 2. The number of nitrogens with one attached hydrogen (secondary N) is 2. The van der Waals surface area contributed by atoms with Crippen molar-refractivity contribution in [2.24, 2.45) is 0 Å². The smallest absolute Gasteiger partial charge is 0.252 e. The van der Waals surface area contributed by atoms with Crippen LogP contribution in [0.5, 0.6) is 11.5 Å². The number of rotatable bonds is 5. The van der Waals surface area contributed by atoms with E-state index in [9.17, 15) is 9.59 Å². The molecule has 2 aliphatic rings. The fourth-order valence-electron chi connectivity index (χ4n) is 3.73. The molecule has 0 radical (unpaired) electrons. The summed E-state index contributed by atoms with van der Waals surface area (Å²) in [5.74, 6) is 0.667. The summed E-state index contributed by atoms with van der Waals surface area (Å²) in [5, 5.41) is 5.99. The van der Waals surface area contributed by atoms with Crippen LogP contribution in [0.3, 0.4) is 0 Å². The fraction of sp³-hybridized carbons (Fsp3) is 0.579. The number of carbonyl (C=O) groups is 2. The molecule has 26 heavy (non-hydrogen) atoms. The van der Waals surface area contributed by atoms with Gasteiger partial charge in [0.25, 0.3) is 5.91 Å². The lowest BCUT2D eigenvalue weighted by Crippen LogP contribution is -2.56. The van der Waals surface area contributed by atoms with E-state index in [1.807, 2.05) is 0 Å². The van der Waals surface area contributed by atoms with Gasteiger partial charge in [-0.15, -0.1) is 0 Å². The van der Waals surface area contributed by atoms with Crippen molar-refractivity contribution in [3.05, 3.63) is 23.8 Å². The molecule has 2 atom stereocenters. The van der Waals surface area contributed by atoms with E-state index < -0.39 is 12.1 Å². The van der Waals surface area contributed by atoms with Gasteiger partial charge in [-0.3, -0.25) is 9.59 Å². The van der Waals surface area contributed by atoms with Crippen molar-refractivity contribution < 1.29 is 23.8 Å². The molecule has 1 heterocycles. The van der Waals surface area contributed by atoms with Gasteiger partial charge in [0, 0.05) is 5.54 Å². The van der Waals surface area contributed by atoms with E-state index in [4.69, 9.17) is 14.2 Å². The van der Waals surface area contributed by atoms with Crippen molar-refractivity contribution in [2.45, 2.75) is 50.3 Å². The van der Waals surface area contributed by atoms with Crippen molar-refractivity contribution in [1.29, 1.82) is 0 Å². The minimum Gasteiger partial charge on any atom is -0.493 e. The van der Waals surface area contributed by atoms with E-state index in [0.29, 0.717) is 11.5 Å². The molecule has 1 aromatic carbocycles. The van der Waals surface area contributed by atoms with Gasteiger partial charge in [0.15, 0.2) is 17.6 Å². The quantitative estimate of drug-likeness (QED) is 0.833. The Kier molecular flexibility index (Phi) is 5.36. The average Bonchev–Trinajstić information content (AvgIpc) is 3.06. The lowest BCUT2D eigenvalue weighted by Gasteiger charge is -2.35. The van der Waals surface area contributed by atoms with E-state index in [2.05, 4.69) is 17.6 Å². The van der Waals surface area contributed by atoms with Crippen LogP contribution in [0.25, 0.3) is 0 Å². The first-order valence-electron chi connectivity index (χ1n) is 8.91. The lowest BCUT2D eigenvalue weighted by molar-refractivity contribution is -0.149. The van der Waals surface area contributed by atoms with Crippen LogP contribution in [0.4, 0.5) is 0 Å². The highest BCUT2D eigenvalue weighted by Crippen LogP contribution is 2.33. The minimum absolute atomic E-state index is 0.126. The highest BCUT2D eigenvalue weighted by atomic mass is 16.5. The van der Waals surface area contributed by atoms with Gasteiger partial charge in [-0.2, -0.15) is 0 Å². The molecule has 0 aromatic heterocycles. The first-order chi connectivity index (χ1) is 12.5. The molecule has 3 rings (SSSR count). The number of hydrogen-bond donors (Lipinski definition) is 2. The second-order valence-electron chi connectivity index (χ2n) is 7.15. The molecule has 142 valence electrons. The molecule has 0 unspecified atom stereocenters. The monoisotopic (exact) mass is 362 g/mol. The predicted molar refractivity (Wildman–Crippen MR) is 95.2 cm³/mol. The van der Waals surface area contributed by atoms with Gasteiger partial charge in [0.2, 0.25) is 5.91 Å². The predicted octanol–water partition coefficient (Wildman–Crippen LogP) is 1.71. The number of morpholine rings is 1. The molecule has 0 bridgehead atoms. The molecule has 7 nitrogen and oxygen atoms in total. The van der Waals surface area contributed by atoms with Gasteiger partial charge >= 0.3 is 0 Å². The normalized spacial score (nSPS) is 24.7. The Morgan fingerprint density at radius 2 is 1.92 bits per heavy atom. The van der Waals surface area contributed by atoms with Crippen LogP contribution in [0, 0.1) is 0 Å². The van der Waals surface area contributed by atoms with Gasteiger partial charge in [0.1, 0.15) is 6.61 Å². The Morgan fingerprint density at radius 1 is 1.23 bits per heavy atom. The van der Waals surface area contributed by atoms with Crippen LogP contribution in [0.1, 0.15) is 44.2 Å².